The molecule has 0 aliphatic heterocycles. The third-order valence-corrected chi connectivity index (χ3v) is 7.52. The summed E-state index contributed by atoms with van der Waals surface area (Å²) in [5.74, 6) is -3.20. The van der Waals surface area contributed by atoms with Gasteiger partial charge in [0.05, 0.1) is 5.02 Å². The molecule has 0 unspecified atom stereocenters. The minimum Gasteiger partial charge on any atom is -0.477 e. The average Bonchev–Trinajstić information content (AvgIpc) is 3.36. The van der Waals surface area contributed by atoms with Crippen molar-refractivity contribution in [3.63, 3.8) is 0 Å². The lowest BCUT2D eigenvalue weighted by molar-refractivity contribution is -0.141. The molecule has 1 atom stereocenters. The zero-order chi connectivity index (χ0) is 30.7. The fourth-order valence-electron chi connectivity index (χ4n) is 5.15. The van der Waals surface area contributed by atoms with E-state index in [2.05, 4.69) is 9.97 Å². The van der Waals surface area contributed by atoms with Crippen molar-refractivity contribution in [2.45, 2.75) is 24.9 Å². The van der Waals surface area contributed by atoms with E-state index in [9.17, 15) is 22.4 Å². The molecule has 0 radical (unpaired) electrons. The first-order chi connectivity index (χ1) is 20.5. The molecule has 10 heteroatoms. The van der Waals surface area contributed by atoms with E-state index < -0.39 is 18.1 Å². The molecule has 6 rings (SSSR count). The number of halogens is 5. The second-order valence-corrected chi connectivity index (χ2v) is 10.4. The van der Waals surface area contributed by atoms with E-state index in [0.717, 1.165) is 27.8 Å². The summed E-state index contributed by atoms with van der Waals surface area (Å²) in [7, 11) is 0. The van der Waals surface area contributed by atoms with Crippen LogP contribution in [0.25, 0.3) is 11.1 Å². The van der Waals surface area contributed by atoms with Gasteiger partial charge in [-0.25, -0.2) is 14.2 Å². The van der Waals surface area contributed by atoms with Crippen LogP contribution in [0.3, 0.4) is 0 Å². The van der Waals surface area contributed by atoms with Gasteiger partial charge in [-0.1, -0.05) is 66.2 Å². The maximum Gasteiger partial charge on any atom is 0.399 e. The molecule has 3 aromatic carbocycles. The van der Waals surface area contributed by atoms with E-state index in [1.165, 1.54) is 55.0 Å². The first-order valence-corrected chi connectivity index (χ1v) is 13.5. The Bertz CT molecular complexity index is 1780. The SMILES string of the molecule is Nc1c([C@@H](c2cccnc2)C(F)(F)F)ccc2c1Cc1ccccc1-2.O=C(O)c1cc(Cc2ccc(F)cc2)c(Cl)cn1. The maximum absolute atomic E-state index is 13.8. The molecule has 43 heavy (non-hydrogen) atoms. The Balaban J connectivity index is 0.000000181. The minimum atomic E-state index is -4.45. The van der Waals surface area contributed by atoms with Crippen molar-refractivity contribution in [3.05, 3.63) is 147 Å². The van der Waals surface area contributed by atoms with Crippen LogP contribution in [0.2, 0.25) is 5.02 Å². The molecule has 218 valence electrons. The van der Waals surface area contributed by atoms with Crippen LogP contribution in [0, 0.1) is 5.82 Å². The van der Waals surface area contributed by atoms with Gasteiger partial charge in [-0.15, -0.1) is 0 Å². The second kappa shape index (κ2) is 12.2. The highest BCUT2D eigenvalue weighted by molar-refractivity contribution is 6.31. The van der Waals surface area contributed by atoms with Crippen molar-refractivity contribution in [2.75, 3.05) is 5.73 Å². The van der Waals surface area contributed by atoms with Gasteiger partial charge in [0.15, 0.2) is 0 Å². The molecule has 2 heterocycles. The number of hydrogen-bond donors (Lipinski definition) is 2. The molecule has 0 amide bonds. The summed E-state index contributed by atoms with van der Waals surface area (Å²) in [5, 5.41) is 9.24. The molecule has 1 aliphatic rings. The summed E-state index contributed by atoms with van der Waals surface area (Å²) < 4.78 is 54.2. The van der Waals surface area contributed by atoms with Crippen LogP contribution in [0.1, 0.15) is 49.8 Å². The number of carboxylic acid groups (broad SMARTS) is 1. The first-order valence-electron chi connectivity index (χ1n) is 13.1. The Morgan fingerprint density at radius 1 is 0.977 bits per heavy atom. The number of alkyl halides is 3. The summed E-state index contributed by atoms with van der Waals surface area (Å²) in [4.78, 5) is 18.3. The number of fused-ring (bicyclic) bond motifs is 3. The van der Waals surface area contributed by atoms with Gasteiger partial charge in [-0.3, -0.25) is 4.98 Å². The Morgan fingerprint density at radius 2 is 1.72 bits per heavy atom. The number of carboxylic acids is 1. The van der Waals surface area contributed by atoms with Crippen molar-refractivity contribution >= 4 is 23.3 Å². The molecule has 0 saturated heterocycles. The van der Waals surface area contributed by atoms with E-state index in [4.69, 9.17) is 22.4 Å². The second-order valence-electron chi connectivity index (χ2n) is 9.96. The molecule has 0 fully saturated rings. The summed E-state index contributed by atoms with van der Waals surface area (Å²) in [5.41, 5.74) is 11.9. The van der Waals surface area contributed by atoms with Gasteiger partial charge in [0, 0.05) is 30.7 Å². The Morgan fingerprint density at radius 3 is 2.40 bits per heavy atom. The fraction of sp³-hybridized carbons (Fsp3) is 0.121. The zero-order valence-electron chi connectivity index (χ0n) is 22.4. The number of nitrogens with zero attached hydrogens (tertiary/aromatic N) is 2. The van der Waals surface area contributed by atoms with Gasteiger partial charge in [0.1, 0.15) is 17.4 Å². The van der Waals surface area contributed by atoms with Crippen LogP contribution >= 0.6 is 11.6 Å². The normalized spacial score (nSPS) is 12.5. The van der Waals surface area contributed by atoms with Crippen LogP contribution in [0.4, 0.5) is 23.2 Å². The van der Waals surface area contributed by atoms with E-state index in [1.54, 1.807) is 18.2 Å². The van der Waals surface area contributed by atoms with Crippen molar-refractivity contribution in [2.24, 2.45) is 0 Å². The lowest BCUT2D eigenvalue weighted by atomic mass is 9.87. The third kappa shape index (κ3) is 6.52. The number of nitrogens with two attached hydrogens (primary N) is 1. The number of anilines is 1. The molecule has 0 bridgehead atoms. The summed E-state index contributed by atoms with van der Waals surface area (Å²) in [6, 6.07) is 21.4. The van der Waals surface area contributed by atoms with Crippen molar-refractivity contribution in [3.8, 4) is 11.1 Å². The van der Waals surface area contributed by atoms with Crippen LogP contribution in [0.5, 0.6) is 0 Å². The molecule has 5 nitrogen and oxygen atoms in total. The van der Waals surface area contributed by atoms with Crippen LogP contribution < -0.4 is 5.73 Å². The molecule has 0 spiro atoms. The van der Waals surface area contributed by atoms with E-state index in [1.807, 2.05) is 24.3 Å². The average molecular weight is 606 g/mol. The number of pyridine rings is 2. The molecule has 5 aromatic rings. The predicted molar refractivity (Wildman–Crippen MR) is 157 cm³/mol. The highest BCUT2D eigenvalue weighted by Gasteiger charge is 2.43. The smallest absolute Gasteiger partial charge is 0.399 e. The Hall–Kier alpha value is -4.76. The molecule has 1 aliphatic carbocycles. The standard InChI is InChI=1S/C20H15F3N2.C13H9ClFNO2/c21-20(22,23)18(13-5-3-9-25-11-13)16-8-7-15-14-6-2-1-4-12(14)10-17(15)19(16)24;14-11-7-16-12(13(17)18)6-9(11)5-8-1-3-10(15)4-2-8/h1-9,11,18H,10,24H2;1-4,6-7H,5H2,(H,17,18)/t18-;/m1./s1. The number of carbonyl (C=O) groups is 1. The van der Waals surface area contributed by atoms with Gasteiger partial charge < -0.3 is 10.8 Å². The highest BCUT2D eigenvalue weighted by atomic mass is 35.5. The topological polar surface area (TPSA) is 89.1 Å². The number of hydrogen-bond acceptors (Lipinski definition) is 4. The van der Waals surface area contributed by atoms with Crippen molar-refractivity contribution in [1.82, 2.24) is 9.97 Å². The molecule has 3 N–H and O–H groups in total. The summed E-state index contributed by atoms with van der Waals surface area (Å²) in [6.45, 7) is 0. The summed E-state index contributed by atoms with van der Waals surface area (Å²) >= 11 is 5.95. The molecular formula is C33H24ClF4N3O2. The molecular weight excluding hydrogens is 582 g/mol. The fourth-order valence-corrected chi connectivity index (χ4v) is 5.32. The number of aromatic carboxylic acids is 1. The number of nitrogen functional groups attached to an aromatic ring is 1. The summed E-state index contributed by atoms with van der Waals surface area (Å²) in [6.07, 6.45) is 0.560. The van der Waals surface area contributed by atoms with E-state index in [-0.39, 0.29) is 28.3 Å². The number of benzene rings is 3. The van der Waals surface area contributed by atoms with E-state index in [0.29, 0.717) is 23.4 Å². The van der Waals surface area contributed by atoms with Crippen molar-refractivity contribution in [1.29, 1.82) is 0 Å². The minimum absolute atomic E-state index is 0.0588. The third-order valence-electron chi connectivity index (χ3n) is 7.18. The quantitative estimate of drug-likeness (QED) is 0.153. The number of aromatic nitrogens is 2. The van der Waals surface area contributed by atoms with Crippen LogP contribution in [-0.2, 0) is 12.8 Å². The predicted octanol–water partition coefficient (Wildman–Crippen LogP) is 8.09. The van der Waals surface area contributed by atoms with Gasteiger partial charge in [-0.2, -0.15) is 13.2 Å². The lowest BCUT2D eigenvalue weighted by Gasteiger charge is -2.23. The lowest BCUT2D eigenvalue weighted by Crippen LogP contribution is -2.23. The largest absolute Gasteiger partial charge is 0.477 e. The first kappa shape index (κ1) is 29.7. The molecule has 2 aromatic heterocycles. The van der Waals surface area contributed by atoms with Crippen LogP contribution in [-0.4, -0.2) is 27.2 Å². The Kier molecular flexibility index (Phi) is 8.45. The monoisotopic (exact) mass is 605 g/mol. The van der Waals surface area contributed by atoms with Gasteiger partial charge in [0.2, 0.25) is 0 Å². The van der Waals surface area contributed by atoms with Crippen molar-refractivity contribution < 1.29 is 27.5 Å². The molecule has 0 saturated carbocycles. The highest BCUT2D eigenvalue weighted by Crippen LogP contribution is 2.47. The zero-order valence-corrected chi connectivity index (χ0v) is 23.2. The maximum atomic E-state index is 13.8. The van der Waals surface area contributed by atoms with E-state index >= 15 is 0 Å². The van der Waals surface area contributed by atoms with Gasteiger partial charge in [0.25, 0.3) is 0 Å². The van der Waals surface area contributed by atoms with Crippen LogP contribution in [0.15, 0.2) is 97.5 Å². The Labute approximate surface area is 249 Å². The van der Waals surface area contributed by atoms with Gasteiger partial charge in [-0.05, 0) is 75.2 Å². The number of rotatable bonds is 5. The van der Waals surface area contributed by atoms with Gasteiger partial charge >= 0.3 is 12.1 Å².